The van der Waals surface area contributed by atoms with E-state index in [0.717, 1.165) is 42.6 Å². The van der Waals surface area contributed by atoms with Gasteiger partial charge in [-0.2, -0.15) is 0 Å². The van der Waals surface area contributed by atoms with Crippen LogP contribution >= 0.6 is 11.3 Å². The molecule has 1 N–H and O–H groups in total. The fourth-order valence-corrected chi connectivity index (χ4v) is 2.83. The summed E-state index contributed by atoms with van der Waals surface area (Å²) in [6.45, 7) is 7.04. The van der Waals surface area contributed by atoms with Crippen molar-refractivity contribution < 1.29 is 4.74 Å². The Hall–Kier alpha value is -0.520. The Morgan fingerprint density at radius 1 is 1.50 bits per heavy atom. The molecular weight excluding hydrogens is 222 g/mol. The molecule has 0 radical (unpaired) electrons. The first-order chi connectivity index (χ1) is 7.79. The number of nitrogens with one attached hydrogen (secondary N) is 1. The van der Waals surface area contributed by atoms with Crippen LogP contribution in [0.3, 0.4) is 0 Å². The molecule has 0 aliphatic carbocycles. The molecule has 0 saturated carbocycles. The van der Waals surface area contributed by atoms with Crippen molar-refractivity contribution in [1.82, 2.24) is 15.5 Å². The molecule has 2 atom stereocenters. The molecule has 0 spiro atoms. The number of likely N-dealkylation sites (N-methyl/N-ethyl adjacent to an activating group) is 1. The lowest BCUT2D eigenvalue weighted by Gasteiger charge is -2.00. The highest BCUT2D eigenvalue weighted by Gasteiger charge is 2.26. The molecule has 1 aromatic rings. The van der Waals surface area contributed by atoms with Gasteiger partial charge in [-0.15, -0.1) is 21.5 Å². The molecule has 0 amide bonds. The molecule has 90 valence electrons. The van der Waals surface area contributed by atoms with E-state index in [1.54, 1.807) is 11.3 Å². The van der Waals surface area contributed by atoms with Crippen molar-refractivity contribution in [3.63, 3.8) is 0 Å². The van der Waals surface area contributed by atoms with Crippen molar-refractivity contribution in [2.75, 3.05) is 19.7 Å². The Balaban J connectivity index is 1.87. The van der Waals surface area contributed by atoms with Gasteiger partial charge in [-0.25, -0.2) is 0 Å². The summed E-state index contributed by atoms with van der Waals surface area (Å²) in [6.07, 6.45) is 2.44. The Labute approximate surface area is 100 Å². The summed E-state index contributed by atoms with van der Waals surface area (Å²) < 4.78 is 5.55. The van der Waals surface area contributed by atoms with Gasteiger partial charge >= 0.3 is 0 Å². The molecule has 4 nitrogen and oxygen atoms in total. The van der Waals surface area contributed by atoms with E-state index in [2.05, 4.69) is 29.4 Å². The molecule has 2 heterocycles. The van der Waals surface area contributed by atoms with Crippen molar-refractivity contribution in [2.24, 2.45) is 0 Å². The normalized spacial score (nSPS) is 25.1. The Morgan fingerprint density at radius 3 is 3.06 bits per heavy atom. The molecule has 16 heavy (non-hydrogen) atoms. The minimum Gasteiger partial charge on any atom is -0.378 e. The van der Waals surface area contributed by atoms with Crippen LogP contribution in [-0.2, 0) is 11.2 Å². The van der Waals surface area contributed by atoms with Crippen LogP contribution in [0.1, 0.15) is 36.2 Å². The van der Waals surface area contributed by atoms with Gasteiger partial charge in [-0.1, -0.05) is 6.92 Å². The number of ether oxygens (including phenoxy) is 1. The highest BCUT2D eigenvalue weighted by atomic mass is 32.1. The quantitative estimate of drug-likeness (QED) is 0.795. The van der Waals surface area contributed by atoms with Crippen LogP contribution in [0, 0.1) is 0 Å². The SMILES string of the molecule is CCNCCc1nnc(C2COC(C)C2)s1. The van der Waals surface area contributed by atoms with Gasteiger partial charge in [-0.3, -0.25) is 0 Å². The first kappa shape index (κ1) is 12.0. The van der Waals surface area contributed by atoms with E-state index in [9.17, 15) is 0 Å². The number of hydrogen-bond acceptors (Lipinski definition) is 5. The molecule has 1 aliphatic heterocycles. The van der Waals surface area contributed by atoms with E-state index >= 15 is 0 Å². The second kappa shape index (κ2) is 5.70. The van der Waals surface area contributed by atoms with Crippen LogP contribution in [0.2, 0.25) is 0 Å². The zero-order valence-corrected chi connectivity index (χ0v) is 10.7. The van der Waals surface area contributed by atoms with Crippen LogP contribution in [0.25, 0.3) is 0 Å². The molecule has 2 rings (SSSR count). The molecule has 0 bridgehead atoms. The van der Waals surface area contributed by atoms with Gasteiger partial charge < -0.3 is 10.1 Å². The molecule has 1 aliphatic rings. The summed E-state index contributed by atoms with van der Waals surface area (Å²) in [5, 5.41) is 14.1. The smallest absolute Gasteiger partial charge is 0.122 e. The fourth-order valence-electron chi connectivity index (χ4n) is 1.89. The summed E-state index contributed by atoms with van der Waals surface area (Å²) in [5.74, 6) is 0.473. The third kappa shape index (κ3) is 2.99. The van der Waals surface area contributed by atoms with E-state index in [1.165, 1.54) is 0 Å². The van der Waals surface area contributed by atoms with Crippen LogP contribution in [0.15, 0.2) is 0 Å². The van der Waals surface area contributed by atoms with E-state index in [-0.39, 0.29) is 0 Å². The minimum absolute atomic E-state index is 0.374. The maximum absolute atomic E-state index is 5.55. The topological polar surface area (TPSA) is 47.0 Å². The zero-order valence-electron chi connectivity index (χ0n) is 9.90. The van der Waals surface area contributed by atoms with Crippen LogP contribution in [0.4, 0.5) is 0 Å². The van der Waals surface area contributed by atoms with Crippen LogP contribution < -0.4 is 5.32 Å². The van der Waals surface area contributed by atoms with Crippen molar-refractivity contribution in [3.8, 4) is 0 Å². The van der Waals surface area contributed by atoms with E-state index in [4.69, 9.17) is 4.74 Å². The third-order valence-corrected chi connectivity index (χ3v) is 3.94. The van der Waals surface area contributed by atoms with Crippen molar-refractivity contribution in [1.29, 1.82) is 0 Å². The molecule has 1 aromatic heterocycles. The summed E-state index contributed by atoms with van der Waals surface area (Å²) in [4.78, 5) is 0. The lowest BCUT2D eigenvalue weighted by Crippen LogP contribution is -2.15. The Kier molecular flexibility index (Phi) is 4.26. The van der Waals surface area contributed by atoms with E-state index in [1.807, 2.05) is 0 Å². The van der Waals surface area contributed by atoms with Crippen molar-refractivity contribution >= 4 is 11.3 Å². The Bertz CT molecular complexity index is 329. The average molecular weight is 241 g/mol. The largest absolute Gasteiger partial charge is 0.378 e. The predicted molar refractivity (Wildman–Crippen MR) is 64.9 cm³/mol. The van der Waals surface area contributed by atoms with E-state index < -0.39 is 0 Å². The number of rotatable bonds is 5. The first-order valence-electron chi connectivity index (χ1n) is 5.94. The molecule has 2 unspecified atom stereocenters. The van der Waals surface area contributed by atoms with Gasteiger partial charge in [-0.05, 0) is 19.9 Å². The lowest BCUT2D eigenvalue weighted by atomic mass is 10.1. The summed E-state index contributed by atoms with van der Waals surface area (Å²) >= 11 is 1.74. The molecule has 0 aromatic carbocycles. The number of hydrogen-bond donors (Lipinski definition) is 1. The van der Waals surface area contributed by atoms with E-state index in [0.29, 0.717) is 12.0 Å². The summed E-state index contributed by atoms with van der Waals surface area (Å²) in [6, 6.07) is 0. The monoisotopic (exact) mass is 241 g/mol. The number of nitrogens with zero attached hydrogens (tertiary/aromatic N) is 2. The van der Waals surface area contributed by atoms with Crippen LogP contribution in [0.5, 0.6) is 0 Å². The molecule has 1 fully saturated rings. The van der Waals surface area contributed by atoms with Crippen LogP contribution in [-0.4, -0.2) is 36.0 Å². The van der Waals surface area contributed by atoms with Gasteiger partial charge in [0.1, 0.15) is 10.0 Å². The van der Waals surface area contributed by atoms with Gasteiger partial charge in [0.15, 0.2) is 0 Å². The molecule has 1 saturated heterocycles. The standard InChI is InChI=1S/C11H19N3OS/c1-3-12-5-4-10-13-14-11(16-10)9-6-8(2)15-7-9/h8-9,12H,3-7H2,1-2H3. The fraction of sp³-hybridized carbons (Fsp3) is 0.818. The second-order valence-corrected chi connectivity index (χ2v) is 5.31. The maximum atomic E-state index is 5.55. The molecule has 5 heteroatoms. The first-order valence-corrected chi connectivity index (χ1v) is 6.75. The summed E-state index contributed by atoms with van der Waals surface area (Å²) in [7, 11) is 0. The van der Waals surface area contributed by atoms with Gasteiger partial charge in [0, 0.05) is 18.9 Å². The Morgan fingerprint density at radius 2 is 2.38 bits per heavy atom. The van der Waals surface area contributed by atoms with Gasteiger partial charge in [0.2, 0.25) is 0 Å². The summed E-state index contributed by atoms with van der Waals surface area (Å²) in [5.41, 5.74) is 0. The third-order valence-electron chi connectivity index (χ3n) is 2.80. The van der Waals surface area contributed by atoms with Crippen molar-refractivity contribution in [2.45, 2.75) is 38.7 Å². The maximum Gasteiger partial charge on any atom is 0.122 e. The zero-order chi connectivity index (χ0) is 11.4. The van der Waals surface area contributed by atoms with Crippen molar-refractivity contribution in [3.05, 3.63) is 10.0 Å². The van der Waals surface area contributed by atoms with Gasteiger partial charge in [0.05, 0.1) is 12.7 Å². The minimum atomic E-state index is 0.374. The highest BCUT2D eigenvalue weighted by Crippen LogP contribution is 2.30. The lowest BCUT2D eigenvalue weighted by molar-refractivity contribution is 0.123. The molecular formula is C11H19N3OS. The second-order valence-electron chi connectivity index (χ2n) is 4.21. The number of aromatic nitrogens is 2. The predicted octanol–water partition coefficient (Wildman–Crippen LogP) is 1.58. The van der Waals surface area contributed by atoms with Gasteiger partial charge in [0.25, 0.3) is 0 Å². The average Bonchev–Trinajstić information content (AvgIpc) is 2.87. The highest BCUT2D eigenvalue weighted by molar-refractivity contribution is 7.11.